The van der Waals surface area contributed by atoms with E-state index in [1.807, 2.05) is 0 Å². The molecule has 2 aliphatic heterocycles. The number of amides is 2. The monoisotopic (exact) mass is 345 g/mol. The Morgan fingerprint density at radius 2 is 1.91 bits per heavy atom. The zero-order valence-electron chi connectivity index (χ0n) is 13.5. The molecule has 0 spiro atoms. The quantitative estimate of drug-likeness (QED) is 0.700. The van der Waals surface area contributed by atoms with E-state index in [2.05, 4.69) is 10.6 Å². The number of fused-ring (bicyclic) bond motifs is 1. The maximum atomic E-state index is 12.4. The summed E-state index contributed by atoms with van der Waals surface area (Å²) < 4.78 is 5.31. The lowest BCUT2D eigenvalue weighted by Crippen LogP contribution is -2.52. The molecule has 3 fully saturated rings. The molecule has 2 amide bonds. The van der Waals surface area contributed by atoms with Crippen molar-refractivity contribution in [2.75, 3.05) is 19.8 Å². The zero-order chi connectivity index (χ0) is 15.6. The Labute approximate surface area is 143 Å². The molecule has 2 heterocycles. The second-order valence-electron chi connectivity index (χ2n) is 7.08. The number of halogens is 1. The van der Waals surface area contributed by atoms with Crippen molar-refractivity contribution >= 4 is 24.2 Å². The van der Waals surface area contributed by atoms with Crippen molar-refractivity contribution < 1.29 is 14.3 Å². The molecule has 0 aromatic rings. The van der Waals surface area contributed by atoms with Crippen LogP contribution in [-0.4, -0.2) is 43.7 Å². The van der Waals surface area contributed by atoms with E-state index in [4.69, 9.17) is 10.5 Å². The second-order valence-corrected chi connectivity index (χ2v) is 7.08. The summed E-state index contributed by atoms with van der Waals surface area (Å²) >= 11 is 0. The first-order valence-corrected chi connectivity index (χ1v) is 8.52. The van der Waals surface area contributed by atoms with Crippen LogP contribution in [0.1, 0.15) is 44.9 Å². The van der Waals surface area contributed by atoms with Crippen molar-refractivity contribution in [2.24, 2.45) is 17.1 Å². The van der Waals surface area contributed by atoms with Gasteiger partial charge in [0.2, 0.25) is 11.8 Å². The highest BCUT2D eigenvalue weighted by Crippen LogP contribution is 2.33. The van der Waals surface area contributed by atoms with Gasteiger partial charge in [-0.15, -0.1) is 12.4 Å². The zero-order valence-corrected chi connectivity index (χ0v) is 14.3. The first-order chi connectivity index (χ1) is 10.6. The molecular weight excluding hydrogens is 318 g/mol. The van der Waals surface area contributed by atoms with Crippen LogP contribution in [0.25, 0.3) is 0 Å². The summed E-state index contributed by atoms with van der Waals surface area (Å²) in [5.41, 5.74) is 4.94. The van der Waals surface area contributed by atoms with Crippen LogP contribution in [0.5, 0.6) is 0 Å². The average Bonchev–Trinajstić information content (AvgIpc) is 2.97. The molecule has 3 rings (SSSR count). The number of carbonyl (C=O) groups excluding carboxylic acids is 2. The minimum absolute atomic E-state index is 0. The number of rotatable bonds is 4. The van der Waals surface area contributed by atoms with Crippen LogP contribution in [-0.2, 0) is 14.3 Å². The fourth-order valence-corrected chi connectivity index (χ4v) is 4.17. The standard InChI is InChI=1S/C16H27N3O3.ClH/c17-15(21)16(5-7-22-8-6-16)10-18-14(20)13-9-11-3-1-2-4-12(11)19-13;/h11-13,19H,1-10H2,(H2,17,21)(H,18,20);1H. The molecule has 6 nitrogen and oxygen atoms in total. The van der Waals surface area contributed by atoms with Crippen LogP contribution in [0.15, 0.2) is 0 Å². The molecule has 0 bridgehead atoms. The number of carbonyl (C=O) groups is 2. The van der Waals surface area contributed by atoms with Crippen LogP contribution < -0.4 is 16.4 Å². The third kappa shape index (κ3) is 3.98. The van der Waals surface area contributed by atoms with E-state index < -0.39 is 5.41 Å². The molecule has 132 valence electrons. The summed E-state index contributed by atoms with van der Waals surface area (Å²) in [6.45, 7) is 1.40. The first kappa shape index (κ1) is 18.5. The second kappa shape index (κ2) is 7.81. The smallest absolute Gasteiger partial charge is 0.237 e. The molecule has 2 saturated heterocycles. The van der Waals surface area contributed by atoms with E-state index in [-0.39, 0.29) is 30.3 Å². The molecule has 0 radical (unpaired) electrons. The molecule has 0 aromatic carbocycles. The minimum Gasteiger partial charge on any atom is -0.381 e. The van der Waals surface area contributed by atoms with Crippen LogP contribution in [0.4, 0.5) is 0 Å². The van der Waals surface area contributed by atoms with Crippen molar-refractivity contribution in [2.45, 2.75) is 57.0 Å². The molecule has 3 atom stereocenters. The third-order valence-corrected chi connectivity index (χ3v) is 5.75. The highest BCUT2D eigenvalue weighted by molar-refractivity contribution is 5.85. The van der Waals surface area contributed by atoms with Crippen LogP contribution in [0.2, 0.25) is 0 Å². The summed E-state index contributed by atoms with van der Waals surface area (Å²) in [5.74, 6) is 0.323. The Morgan fingerprint density at radius 3 is 2.57 bits per heavy atom. The lowest BCUT2D eigenvalue weighted by molar-refractivity contribution is -0.134. The topological polar surface area (TPSA) is 93.5 Å². The molecule has 4 N–H and O–H groups in total. The summed E-state index contributed by atoms with van der Waals surface area (Å²) in [5, 5.41) is 6.44. The number of nitrogens with one attached hydrogen (secondary N) is 2. The lowest BCUT2D eigenvalue weighted by Gasteiger charge is -2.34. The van der Waals surface area contributed by atoms with Crippen LogP contribution in [0, 0.1) is 11.3 Å². The molecule has 0 aromatic heterocycles. The molecule has 23 heavy (non-hydrogen) atoms. The van der Waals surface area contributed by atoms with Gasteiger partial charge in [-0.1, -0.05) is 12.8 Å². The summed E-state index contributed by atoms with van der Waals surface area (Å²) in [7, 11) is 0. The van der Waals surface area contributed by atoms with Gasteiger partial charge in [-0.25, -0.2) is 0 Å². The minimum atomic E-state index is -0.640. The number of hydrogen-bond donors (Lipinski definition) is 3. The van der Waals surface area contributed by atoms with Crippen molar-refractivity contribution in [3.8, 4) is 0 Å². The third-order valence-electron chi connectivity index (χ3n) is 5.75. The maximum absolute atomic E-state index is 12.4. The van der Waals surface area contributed by atoms with E-state index >= 15 is 0 Å². The van der Waals surface area contributed by atoms with Gasteiger partial charge >= 0.3 is 0 Å². The molecule has 1 saturated carbocycles. The summed E-state index contributed by atoms with van der Waals surface area (Å²) in [6, 6.07) is 0.385. The average molecular weight is 346 g/mol. The Hall–Kier alpha value is -0.850. The highest BCUT2D eigenvalue weighted by atomic mass is 35.5. The molecule has 7 heteroatoms. The molecular formula is C16H28ClN3O3. The van der Waals surface area contributed by atoms with Gasteiger partial charge in [0.15, 0.2) is 0 Å². The molecule has 3 aliphatic rings. The number of nitrogens with two attached hydrogens (primary N) is 1. The Bertz CT molecular complexity index is 426. The normalized spacial score (nSPS) is 32.4. The lowest BCUT2D eigenvalue weighted by atomic mass is 9.79. The van der Waals surface area contributed by atoms with Gasteiger partial charge in [0.1, 0.15) is 0 Å². The Kier molecular flexibility index (Phi) is 6.28. The largest absolute Gasteiger partial charge is 0.381 e. The fraction of sp³-hybridized carbons (Fsp3) is 0.875. The predicted octanol–water partition coefficient (Wildman–Crippen LogP) is 0.727. The fourth-order valence-electron chi connectivity index (χ4n) is 4.17. The van der Waals surface area contributed by atoms with E-state index in [1.165, 1.54) is 25.7 Å². The van der Waals surface area contributed by atoms with E-state index in [9.17, 15) is 9.59 Å². The number of primary amides is 1. The SMILES string of the molecule is Cl.NC(=O)C1(CNC(=O)C2CC3CCCCC3N2)CCOCC1. The Morgan fingerprint density at radius 1 is 1.22 bits per heavy atom. The molecule has 1 aliphatic carbocycles. The van der Waals surface area contributed by atoms with Crippen molar-refractivity contribution in [3.05, 3.63) is 0 Å². The van der Waals surface area contributed by atoms with Crippen LogP contribution in [0.3, 0.4) is 0 Å². The highest BCUT2D eigenvalue weighted by Gasteiger charge is 2.41. The van der Waals surface area contributed by atoms with E-state index in [0.29, 0.717) is 44.6 Å². The number of ether oxygens (including phenoxy) is 1. The Balaban J connectivity index is 0.00000192. The summed E-state index contributed by atoms with van der Waals surface area (Å²) in [6.07, 6.45) is 7.04. The van der Waals surface area contributed by atoms with Gasteiger partial charge in [-0.2, -0.15) is 0 Å². The van der Waals surface area contributed by atoms with Gasteiger partial charge in [0, 0.05) is 25.8 Å². The van der Waals surface area contributed by atoms with Crippen molar-refractivity contribution in [1.29, 1.82) is 0 Å². The number of hydrogen-bond acceptors (Lipinski definition) is 4. The van der Waals surface area contributed by atoms with Gasteiger partial charge in [-0.3, -0.25) is 9.59 Å². The van der Waals surface area contributed by atoms with Gasteiger partial charge in [0.05, 0.1) is 11.5 Å². The predicted molar refractivity (Wildman–Crippen MR) is 89.2 cm³/mol. The van der Waals surface area contributed by atoms with Crippen molar-refractivity contribution in [3.63, 3.8) is 0 Å². The molecule has 3 unspecified atom stereocenters. The van der Waals surface area contributed by atoms with Gasteiger partial charge in [-0.05, 0) is 38.0 Å². The van der Waals surface area contributed by atoms with Gasteiger partial charge < -0.3 is 21.1 Å². The van der Waals surface area contributed by atoms with Crippen LogP contribution >= 0.6 is 12.4 Å². The van der Waals surface area contributed by atoms with Crippen molar-refractivity contribution in [1.82, 2.24) is 10.6 Å². The first-order valence-electron chi connectivity index (χ1n) is 8.52. The van der Waals surface area contributed by atoms with E-state index in [1.54, 1.807) is 0 Å². The maximum Gasteiger partial charge on any atom is 0.237 e. The summed E-state index contributed by atoms with van der Waals surface area (Å²) in [4.78, 5) is 24.3. The van der Waals surface area contributed by atoms with E-state index in [0.717, 1.165) is 6.42 Å². The van der Waals surface area contributed by atoms with Gasteiger partial charge in [0.25, 0.3) is 0 Å².